The van der Waals surface area contributed by atoms with Crippen LogP contribution in [0.2, 0.25) is 0 Å². The largest absolute Gasteiger partial charge is 0.253 e. The molecule has 1 rings (SSSR count). The maximum Gasteiger partial charge on any atom is 0.135 e. The second-order valence-corrected chi connectivity index (χ2v) is 5.07. The van der Waals surface area contributed by atoms with E-state index >= 15 is 0 Å². The molecule has 0 aliphatic heterocycles. The summed E-state index contributed by atoms with van der Waals surface area (Å²) in [7, 11) is -0.870. The number of rotatable bonds is 4. The van der Waals surface area contributed by atoms with E-state index < -0.39 is 10.8 Å². The number of aryl methyl sites for hydroxylation is 1. The number of aromatic nitrogens is 2. The van der Waals surface area contributed by atoms with Gasteiger partial charge in [-0.1, -0.05) is 17.8 Å². The summed E-state index contributed by atoms with van der Waals surface area (Å²) in [6.45, 7) is 3.94. The van der Waals surface area contributed by atoms with E-state index in [0.717, 1.165) is 28.5 Å². The van der Waals surface area contributed by atoms with Gasteiger partial charge < -0.3 is 0 Å². The molecule has 12 heavy (non-hydrogen) atoms. The Balaban J connectivity index is 2.59. The van der Waals surface area contributed by atoms with Crippen LogP contribution in [0.5, 0.6) is 0 Å². The molecule has 0 N–H and O–H groups in total. The predicted octanol–water partition coefficient (Wildman–Crippen LogP) is 1.75. The van der Waals surface area contributed by atoms with Gasteiger partial charge in [-0.3, -0.25) is 4.21 Å². The van der Waals surface area contributed by atoms with Crippen molar-refractivity contribution in [3.8, 4) is 0 Å². The van der Waals surface area contributed by atoms with Crippen LogP contribution in [0.4, 0.5) is 0 Å². The van der Waals surface area contributed by atoms with Crippen molar-refractivity contribution in [2.75, 3.05) is 5.75 Å². The van der Waals surface area contributed by atoms with Crippen molar-refractivity contribution in [1.29, 1.82) is 0 Å². The Morgan fingerprint density at radius 1 is 1.58 bits per heavy atom. The van der Waals surface area contributed by atoms with Crippen molar-refractivity contribution >= 4 is 22.3 Å². The molecule has 1 aromatic heterocycles. The fraction of sp³-hybridized carbons (Fsp3) is 0.714. The molecule has 1 heterocycles. The highest BCUT2D eigenvalue weighted by molar-refractivity contribution is 7.87. The van der Waals surface area contributed by atoms with Crippen molar-refractivity contribution in [3.63, 3.8) is 0 Å². The van der Waals surface area contributed by atoms with Gasteiger partial charge >= 0.3 is 0 Å². The summed E-state index contributed by atoms with van der Waals surface area (Å²) in [5.74, 6) is 0.737. The second kappa shape index (κ2) is 4.67. The van der Waals surface area contributed by atoms with Crippen molar-refractivity contribution in [2.45, 2.75) is 30.9 Å². The monoisotopic (exact) mass is 204 g/mol. The van der Waals surface area contributed by atoms with Crippen molar-refractivity contribution in [3.05, 3.63) is 5.69 Å². The molecule has 0 saturated carbocycles. The minimum absolute atomic E-state index is 0.737. The molecule has 0 aliphatic carbocycles. The number of nitrogens with zero attached hydrogens (tertiary/aromatic N) is 2. The van der Waals surface area contributed by atoms with Gasteiger partial charge in [0.15, 0.2) is 0 Å². The molecular weight excluding hydrogens is 192 g/mol. The third-order valence-electron chi connectivity index (χ3n) is 1.50. The fourth-order valence-corrected chi connectivity index (χ4v) is 3.00. The smallest absolute Gasteiger partial charge is 0.135 e. The minimum Gasteiger partial charge on any atom is -0.253 e. The molecule has 0 bridgehead atoms. The van der Waals surface area contributed by atoms with E-state index in [0.29, 0.717) is 0 Å². The van der Waals surface area contributed by atoms with Gasteiger partial charge in [0.2, 0.25) is 0 Å². The average molecular weight is 204 g/mol. The van der Waals surface area contributed by atoms with Crippen LogP contribution in [0.3, 0.4) is 0 Å². The highest BCUT2D eigenvalue weighted by atomic mass is 32.2. The lowest BCUT2D eigenvalue weighted by Gasteiger charge is -1.96. The van der Waals surface area contributed by atoms with Gasteiger partial charge in [-0.25, -0.2) is 0 Å². The molecule has 0 amide bonds. The molecule has 0 spiro atoms. The fourth-order valence-electron chi connectivity index (χ4n) is 0.800. The lowest BCUT2D eigenvalue weighted by molar-refractivity contribution is 0.680. The minimum atomic E-state index is -0.870. The molecule has 1 atom stereocenters. The van der Waals surface area contributed by atoms with Crippen LogP contribution in [0.15, 0.2) is 4.21 Å². The summed E-state index contributed by atoms with van der Waals surface area (Å²) in [6, 6.07) is 0. The molecule has 68 valence electrons. The highest BCUT2D eigenvalue weighted by Crippen LogP contribution is 2.15. The van der Waals surface area contributed by atoms with Crippen LogP contribution in [-0.4, -0.2) is 19.5 Å². The summed E-state index contributed by atoms with van der Waals surface area (Å²) in [5.41, 5.74) is 0.814. The molecule has 0 radical (unpaired) electrons. The Hall–Kier alpha value is -0.290. The lowest BCUT2D eigenvalue weighted by atomic mass is 10.4. The summed E-state index contributed by atoms with van der Waals surface area (Å²) < 4.78 is 16.1. The standard InChI is InChI=1S/C7H12N2OS2/c1-3-4-5-12(10)7-6(2)8-9-11-7/h3-5H2,1-2H3/t12-/m0/s1. The Labute approximate surface area is 78.8 Å². The van der Waals surface area contributed by atoms with Crippen LogP contribution in [0.1, 0.15) is 25.5 Å². The van der Waals surface area contributed by atoms with E-state index in [2.05, 4.69) is 16.5 Å². The number of unbranched alkanes of at least 4 members (excludes halogenated alkanes) is 1. The summed E-state index contributed by atoms with van der Waals surface area (Å²) >= 11 is 1.25. The van der Waals surface area contributed by atoms with Gasteiger partial charge in [0.1, 0.15) is 4.21 Å². The van der Waals surface area contributed by atoms with E-state index in [1.807, 2.05) is 6.92 Å². The first-order chi connectivity index (χ1) is 5.75. The zero-order chi connectivity index (χ0) is 8.97. The zero-order valence-corrected chi connectivity index (χ0v) is 8.87. The van der Waals surface area contributed by atoms with E-state index in [4.69, 9.17) is 0 Å². The van der Waals surface area contributed by atoms with Gasteiger partial charge in [0.05, 0.1) is 16.5 Å². The summed E-state index contributed by atoms with van der Waals surface area (Å²) in [5, 5.41) is 3.82. The third kappa shape index (κ3) is 2.35. The van der Waals surface area contributed by atoms with Crippen molar-refractivity contribution in [1.82, 2.24) is 9.59 Å². The molecule has 3 nitrogen and oxygen atoms in total. The maximum atomic E-state index is 11.5. The Kier molecular flexibility index (Phi) is 3.81. The van der Waals surface area contributed by atoms with Crippen LogP contribution < -0.4 is 0 Å². The first-order valence-corrected chi connectivity index (χ1v) is 6.02. The molecule has 5 heteroatoms. The maximum absolute atomic E-state index is 11.5. The van der Waals surface area contributed by atoms with E-state index in [1.165, 1.54) is 11.5 Å². The zero-order valence-electron chi connectivity index (χ0n) is 7.24. The highest BCUT2D eigenvalue weighted by Gasteiger charge is 2.09. The molecular formula is C7H12N2OS2. The first kappa shape index (κ1) is 9.80. The molecule has 0 saturated heterocycles. The second-order valence-electron chi connectivity index (χ2n) is 2.55. The Morgan fingerprint density at radius 3 is 2.83 bits per heavy atom. The van der Waals surface area contributed by atoms with Gasteiger partial charge in [-0.2, -0.15) is 0 Å². The SMILES string of the molecule is CCCC[S@](=O)c1snnc1C. The van der Waals surface area contributed by atoms with Crippen LogP contribution in [-0.2, 0) is 10.8 Å². The number of hydrogen-bond acceptors (Lipinski definition) is 4. The van der Waals surface area contributed by atoms with Gasteiger partial charge in [0, 0.05) is 5.75 Å². The quantitative estimate of drug-likeness (QED) is 0.750. The van der Waals surface area contributed by atoms with Crippen molar-refractivity contribution in [2.24, 2.45) is 0 Å². The molecule has 1 aromatic rings. The Morgan fingerprint density at radius 2 is 2.33 bits per heavy atom. The van der Waals surface area contributed by atoms with Crippen LogP contribution in [0.25, 0.3) is 0 Å². The van der Waals surface area contributed by atoms with Gasteiger partial charge in [-0.05, 0) is 24.9 Å². The molecule has 0 aliphatic rings. The molecule has 0 aromatic carbocycles. The normalized spacial score (nSPS) is 13.2. The summed E-state index contributed by atoms with van der Waals surface area (Å²) in [4.78, 5) is 0. The first-order valence-electron chi connectivity index (χ1n) is 3.93. The predicted molar refractivity (Wildman–Crippen MR) is 50.8 cm³/mol. The van der Waals surface area contributed by atoms with E-state index in [9.17, 15) is 4.21 Å². The van der Waals surface area contributed by atoms with E-state index in [1.54, 1.807) is 0 Å². The average Bonchev–Trinajstić information content (AvgIpc) is 2.47. The topological polar surface area (TPSA) is 42.9 Å². The van der Waals surface area contributed by atoms with Crippen LogP contribution in [0, 0.1) is 6.92 Å². The van der Waals surface area contributed by atoms with E-state index in [-0.39, 0.29) is 0 Å². The lowest BCUT2D eigenvalue weighted by Crippen LogP contribution is -1.96. The van der Waals surface area contributed by atoms with Gasteiger partial charge in [0.25, 0.3) is 0 Å². The Bertz CT molecular complexity index is 272. The van der Waals surface area contributed by atoms with Crippen LogP contribution >= 0.6 is 11.5 Å². The third-order valence-corrected chi connectivity index (χ3v) is 4.27. The summed E-state index contributed by atoms with van der Waals surface area (Å²) in [6.07, 6.45) is 2.08. The molecule has 0 fully saturated rings. The van der Waals surface area contributed by atoms with Crippen molar-refractivity contribution < 1.29 is 4.21 Å². The number of hydrogen-bond donors (Lipinski definition) is 0. The molecule has 0 unspecified atom stereocenters. The van der Waals surface area contributed by atoms with Gasteiger partial charge in [-0.15, -0.1) is 5.10 Å².